The molecule has 664 valence electrons. The molecule has 117 heavy (non-hydrogen) atoms. The molecule has 0 aromatic carbocycles. The van der Waals surface area contributed by atoms with E-state index in [1.165, 1.54) is 64.2 Å². The first-order valence-corrected chi connectivity index (χ1v) is 44.6. The largest absolute Gasteiger partial charge is 0.481 e. The monoisotopic (exact) mass is 1660 g/mol. The van der Waals surface area contributed by atoms with Gasteiger partial charge in [0.2, 0.25) is 11.8 Å². The SMILES string of the molecule is CC12CC3(C)CC(C(N)=O)(C1)CC(C(=O)O)(C2)C3.CC12CC3(C)CC(CN)(C1)CC(CO[N+](=O)[O-])(C2)C3.CC12CC3(C)CC(CNC(=O)OC(C)(C)C)(C1)CC(CO[N+](=O)[O-])(C2)C3.CC12CC3(C)CC(CO)(C1)CC(CNC(=O)OC(C)(C)C)(C2)C3.CC12CC3CC(C)(C1)CC(C(=O)O)(C3)C2.CC12CC3CC(C)(C1)CC(C(N)=O)(C3)C2.Cl. The Morgan fingerprint density at radius 3 is 0.906 bits per heavy atom. The number of hydrogen-bond donors (Lipinski definition) is 8. The van der Waals surface area contributed by atoms with Crippen LogP contribution in [0.15, 0.2) is 0 Å². The smallest absolute Gasteiger partial charge is 0.407 e. The number of ether oxygens (including phenoxy) is 2. The Morgan fingerprint density at radius 2 is 0.615 bits per heavy atom. The molecule has 24 aliphatic carbocycles. The lowest BCUT2D eigenvalue weighted by Gasteiger charge is -2.69. The maximum absolute atomic E-state index is 12.2. The van der Waals surface area contributed by atoms with Crippen LogP contribution in [0.4, 0.5) is 9.59 Å². The fourth-order valence-corrected chi connectivity index (χ4v) is 38.8. The van der Waals surface area contributed by atoms with Crippen LogP contribution in [0, 0.1) is 151 Å². The highest BCUT2D eigenvalue weighted by Crippen LogP contribution is 2.79. The molecule has 25 heteroatoms. The molecule has 11 N–H and O–H groups in total. The van der Waals surface area contributed by atoms with E-state index in [9.17, 15) is 64.3 Å². The number of amides is 4. The third-order valence-electron chi connectivity index (χ3n) is 34.0. The number of hydrogen-bond acceptors (Lipinski definition) is 16. The number of carboxylic acids is 2. The summed E-state index contributed by atoms with van der Waals surface area (Å²) < 4.78 is 10.8. The predicted molar refractivity (Wildman–Crippen MR) is 446 cm³/mol. The summed E-state index contributed by atoms with van der Waals surface area (Å²) in [4.78, 5) is 102. The molecule has 24 saturated carbocycles. The molecule has 4 amide bonds. The van der Waals surface area contributed by atoms with E-state index in [0.29, 0.717) is 88.1 Å². The average molecular weight is 1660 g/mol. The van der Waals surface area contributed by atoms with Gasteiger partial charge in [0.15, 0.2) is 0 Å². The minimum Gasteiger partial charge on any atom is -0.481 e. The number of primary amides is 2. The van der Waals surface area contributed by atoms with Gasteiger partial charge in [-0.1, -0.05) is 83.1 Å². The maximum Gasteiger partial charge on any atom is 0.407 e. The zero-order valence-electron chi connectivity index (χ0n) is 74.9. The molecular weight excluding hydrogens is 1510 g/mol. The molecule has 24 rings (SSSR count). The predicted octanol–water partition coefficient (Wildman–Crippen LogP) is 18.4. The van der Waals surface area contributed by atoms with Gasteiger partial charge in [0.05, 0.1) is 21.7 Å². The topological polar surface area (TPSA) is 388 Å². The molecule has 24 bridgehead atoms. The standard InChI is InChI=1S/C19H32N2O5.C19H33NO3.C14H24N2O3.C14H21NO3.C13H21NO.C13H20O2.ClH/c1-15(2,3)26-14(22)20-12-18-7-16(4)6-17(5,8-18)10-19(9-16,11-18)13-25-21(23)24;1-15(2,3)23-14(22)20-12-18-7-16(4)6-17(5,8-18)10-19(9-16,11-18)13-21;1-11-3-12(2)5-13(4-11,9-15)8-14(6-11,7-12)10-19-16(17)18;1-11-3-12(2)5-13(4-11,9(15)16)8-14(6-11,7-12)10(17)18;2*1-11-3-9-4-12(2,6-11)8-13(5-9,7-11)10(14)15;/h6-13H2,1-5H3,(H,20,22);21H,6-13H2,1-5H3,(H,20,22);3-10,15H2,1-2H3;3-8H2,1-2H3,(H2,15,16)(H,17,18);9H,3-8H2,1-2H3,(H2,14,15);9H,3-8H2,1-2H3,(H,14,15);1H. The van der Waals surface area contributed by atoms with E-state index in [2.05, 4.69) is 93.7 Å². The Bertz CT molecular complexity index is 3730. The lowest BCUT2D eigenvalue weighted by atomic mass is 9.36. The summed E-state index contributed by atoms with van der Waals surface area (Å²) >= 11 is 0. The number of alkyl carbamates (subject to hydrolysis) is 2. The molecule has 0 aromatic rings. The van der Waals surface area contributed by atoms with Gasteiger partial charge in [0, 0.05) is 19.7 Å². The zero-order valence-corrected chi connectivity index (χ0v) is 75.8. The van der Waals surface area contributed by atoms with Gasteiger partial charge < -0.3 is 62.3 Å². The minimum atomic E-state index is -0.732. The Kier molecular flexibility index (Phi) is 22.3. The van der Waals surface area contributed by atoms with E-state index in [1.54, 1.807) is 0 Å². The summed E-state index contributed by atoms with van der Waals surface area (Å²) in [6.45, 7) is 41.6. The molecule has 0 spiro atoms. The van der Waals surface area contributed by atoms with E-state index in [-0.39, 0.29) is 121 Å². The van der Waals surface area contributed by atoms with Gasteiger partial charge in [-0.3, -0.25) is 19.2 Å². The van der Waals surface area contributed by atoms with E-state index in [1.807, 2.05) is 41.5 Å². The van der Waals surface area contributed by atoms with Gasteiger partial charge in [-0.25, -0.2) is 9.59 Å². The summed E-state index contributed by atoms with van der Waals surface area (Å²) in [5, 5.41) is 55.3. The van der Waals surface area contributed by atoms with Crippen molar-refractivity contribution in [3.8, 4) is 0 Å². The van der Waals surface area contributed by atoms with Gasteiger partial charge >= 0.3 is 24.1 Å². The molecule has 0 radical (unpaired) electrons. The molecular formula is C92H152ClN7O17. The highest BCUT2D eigenvalue weighted by atomic mass is 35.5. The fraction of sp³-hybridized carbons (Fsp3) is 0.935. The molecule has 24 fully saturated rings. The van der Waals surface area contributed by atoms with Crippen molar-refractivity contribution in [2.45, 2.75) is 367 Å². The third kappa shape index (κ3) is 18.2. The minimum absolute atomic E-state index is 0. The lowest BCUT2D eigenvalue weighted by molar-refractivity contribution is -0.761. The number of nitrogens with one attached hydrogen (secondary N) is 2. The Labute approximate surface area is 703 Å². The summed E-state index contributed by atoms with van der Waals surface area (Å²) in [6, 6.07) is 0. The molecule has 0 heterocycles. The zero-order chi connectivity index (χ0) is 85.7. The summed E-state index contributed by atoms with van der Waals surface area (Å²) in [5.41, 5.74) is 17.7. The highest BCUT2D eigenvalue weighted by Gasteiger charge is 2.73. The normalized spacial score (nSPS) is 49.2. The van der Waals surface area contributed by atoms with Gasteiger partial charge in [0.1, 0.15) is 24.4 Å². The van der Waals surface area contributed by atoms with Crippen molar-refractivity contribution >= 4 is 48.3 Å². The van der Waals surface area contributed by atoms with Gasteiger partial charge in [0.25, 0.3) is 10.2 Å². The average Bonchev–Trinajstić information content (AvgIpc) is 0.702. The van der Waals surface area contributed by atoms with Crippen LogP contribution < -0.4 is 27.8 Å². The number of halogens is 1. The van der Waals surface area contributed by atoms with Crippen molar-refractivity contribution in [1.82, 2.24) is 10.6 Å². The first kappa shape index (κ1) is 91.2. The first-order chi connectivity index (χ1) is 52.7. The molecule has 24 aliphatic rings. The van der Waals surface area contributed by atoms with Crippen molar-refractivity contribution < 1.29 is 73.4 Å². The van der Waals surface area contributed by atoms with Gasteiger partial charge in [-0.05, 0) is 389 Å². The fourth-order valence-electron chi connectivity index (χ4n) is 38.8. The highest BCUT2D eigenvalue weighted by molar-refractivity contribution is 5.86. The Morgan fingerprint density at radius 1 is 0.359 bits per heavy atom. The van der Waals surface area contributed by atoms with Crippen LogP contribution in [-0.4, -0.2) is 112 Å². The quantitative estimate of drug-likeness (QED) is 0.0525. The number of carbonyl (C=O) groups is 6. The van der Waals surface area contributed by atoms with Crippen molar-refractivity contribution in [3.05, 3.63) is 20.2 Å². The molecule has 0 aliphatic heterocycles. The summed E-state index contributed by atoms with van der Waals surface area (Å²) in [5.74, 6) is -0.112. The van der Waals surface area contributed by atoms with Crippen LogP contribution in [0.25, 0.3) is 0 Å². The van der Waals surface area contributed by atoms with E-state index in [0.717, 1.165) is 154 Å². The van der Waals surface area contributed by atoms with Crippen LogP contribution in [0.1, 0.15) is 356 Å². The second-order valence-corrected chi connectivity index (χ2v) is 52.5. The molecule has 12 unspecified atom stereocenters. The van der Waals surface area contributed by atoms with Crippen LogP contribution in [0.3, 0.4) is 0 Å². The number of aliphatic hydroxyl groups excluding tert-OH is 1. The number of aliphatic hydroxyl groups is 1. The van der Waals surface area contributed by atoms with Crippen molar-refractivity contribution in [2.75, 3.05) is 39.5 Å². The van der Waals surface area contributed by atoms with E-state index < -0.39 is 44.1 Å². The summed E-state index contributed by atoms with van der Waals surface area (Å²) in [6.07, 6.45) is 37.2. The number of carbonyl (C=O) groups excluding carboxylic acids is 4. The van der Waals surface area contributed by atoms with Crippen LogP contribution in [0.2, 0.25) is 0 Å². The van der Waals surface area contributed by atoms with E-state index >= 15 is 0 Å². The van der Waals surface area contributed by atoms with Crippen LogP contribution >= 0.6 is 12.4 Å². The molecule has 12 atom stereocenters. The maximum atomic E-state index is 12.2. The number of carboxylic acid groups (broad SMARTS) is 2. The van der Waals surface area contributed by atoms with Gasteiger partial charge in [-0.15, -0.1) is 32.6 Å². The first-order valence-electron chi connectivity index (χ1n) is 44.6. The van der Waals surface area contributed by atoms with Gasteiger partial charge in [-0.2, -0.15) is 0 Å². The van der Waals surface area contributed by atoms with Crippen LogP contribution in [-0.2, 0) is 38.3 Å². The lowest BCUT2D eigenvalue weighted by Crippen LogP contribution is -2.64. The number of rotatable bonds is 16. The molecule has 0 saturated heterocycles. The summed E-state index contributed by atoms with van der Waals surface area (Å²) in [7, 11) is 0. The van der Waals surface area contributed by atoms with Crippen molar-refractivity contribution in [3.63, 3.8) is 0 Å². The second kappa shape index (κ2) is 28.5. The number of aliphatic carboxylic acids is 2. The Hall–Kier alpha value is -4.97. The number of nitrogens with two attached hydrogens (primary N) is 3. The van der Waals surface area contributed by atoms with Crippen molar-refractivity contribution in [2.24, 2.45) is 148 Å². The number of nitrogens with zero attached hydrogens (tertiary/aromatic N) is 2. The Balaban J connectivity index is 0.000000130. The second-order valence-electron chi connectivity index (χ2n) is 52.5. The van der Waals surface area contributed by atoms with E-state index in [4.69, 9.17) is 36.3 Å². The van der Waals surface area contributed by atoms with Crippen LogP contribution in [0.5, 0.6) is 0 Å². The third-order valence-corrected chi connectivity index (χ3v) is 34.0. The molecule has 24 nitrogen and oxygen atoms in total. The van der Waals surface area contributed by atoms with Crippen molar-refractivity contribution in [1.29, 1.82) is 0 Å². The molecule has 0 aromatic heterocycles.